The zero-order valence-electron chi connectivity index (χ0n) is 36.2. The maximum atomic E-state index is 2.52. The molecule has 63 heavy (non-hydrogen) atoms. The second kappa shape index (κ2) is 14.0. The fourth-order valence-corrected chi connectivity index (χ4v) is 10.9. The van der Waals surface area contributed by atoms with Crippen molar-refractivity contribution in [2.24, 2.45) is 0 Å². The van der Waals surface area contributed by atoms with Crippen LogP contribution in [-0.2, 0) is 10.8 Å². The molecule has 10 aromatic rings. The molecule has 0 amide bonds. The summed E-state index contributed by atoms with van der Waals surface area (Å²) < 4.78 is 0. The Kier molecular flexibility index (Phi) is 8.30. The van der Waals surface area contributed by atoms with Gasteiger partial charge in [0, 0.05) is 27.6 Å². The van der Waals surface area contributed by atoms with Crippen LogP contribution in [0.5, 0.6) is 0 Å². The van der Waals surface area contributed by atoms with Crippen LogP contribution in [0.3, 0.4) is 0 Å². The number of rotatable bonds is 6. The van der Waals surface area contributed by atoms with E-state index in [2.05, 4.69) is 245 Å². The van der Waals surface area contributed by atoms with E-state index < -0.39 is 0 Å². The van der Waals surface area contributed by atoms with Crippen LogP contribution in [0.25, 0.3) is 77.2 Å². The van der Waals surface area contributed by atoms with Crippen LogP contribution in [0.15, 0.2) is 212 Å². The Morgan fingerprint density at radius 2 is 0.698 bits per heavy atom. The van der Waals surface area contributed by atoms with Crippen LogP contribution in [0, 0.1) is 0 Å². The lowest BCUT2D eigenvalue weighted by molar-refractivity contribution is 0.660. The Labute approximate surface area is 370 Å². The summed E-state index contributed by atoms with van der Waals surface area (Å²) in [6.45, 7) is 9.55. The van der Waals surface area contributed by atoms with Crippen LogP contribution < -0.4 is 4.90 Å². The fourth-order valence-electron chi connectivity index (χ4n) is 10.9. The summed E-state index contributed by atoms with van der Waals surface area (Å²) in [5.41, 5.74) is 21.4. The minimum atomic E-state index is -0.212. The first-order valence-electron chi connectivity index (χ1n) is 22.2. The van der Waals surface area contributed by atoms with Crippen molar-refractivity contribution in [3.05, 3.63) is 235 Å². The van der Waals surface area contributed by atoms with Crippen LogP contribution in [0.2, 0.25) is 0 Å². The SMILES string of the molecule is CC1(C)c2ccccc2-c2ccc(N(c3ccc4c(c3)C(C)(C)c3cc(-c5ccc(-c6ccc(-c7ccccc7)cc6)cc5)ccc3-4)c3cc4ccccc4c4ccccc34)cc21. The largest absolute Gasteiger partial charge is 0.310 e. The van der Waals surface area contributed by atoms with Crippen molar-refractivity contribution in [1.82, 2.24) is 0 Å². The lowest BCUT2D eigenvalue weighted by Gasteiger charge is -2.31. The van der Waals surface area contributed by atoms with E-state index in [-0.39, 0.29) is 10.8 Å². The van der Waals surface area contributed by atoms with Crippen molar-refractivity contribution in [2.75, 3.05) is 4.90 Å². The lowest BCUT2D eigenvalue weighted by Crippen LogP contribution is -2.18. The molecule has 0 bridgehead atoms. The van der Waals surface area contributed by atoms with Gasteiger partial charge in [-0.25, -0.2) is 0 Å². The molecule has 300 valence electrons. The molecule has 0 N–H and O–H groups in total. The predicted octanol–water partition coefficient (Wildman–Crippen LogP) is 17.1. The average Bonchev–Trinajstić information content (AvgIpc) is 3.70. The number of fused-ring (bicyclic) bond motifs is 9. The molecule has 1 nitrogen and oxygen atoms in total. The van der Waals surface area contributed by atoms with Crippen molar-refractivity contribution in [2.45, 2.75) is 38.5 Å². The van der Waals surface area contributed by atoms with E-state index in [0.717, 1.165) is 5.69 Å². The molecule has 0 fully saturated rings. The molecule has 0 spiro atoms. The van der Waals surface area contributed by atoms with Crippen molar-refractivity contribution >= 4 is 38.6 Å². The van der Waals surface area contributed by atoms with Gasteiger partial charge >= 0.3 is 0 Å². The molecule has 2 aliphatic carbocycles. The summed E-state index contributed by atoms with van der Waals surface area (Å²) in [5, 5.41) is 5.01. The highest BCUT2D eigenvalue weighted by Gasteiger charge is 2.38. The summed E-state index contributed by atoms with van der Waals surface area (Å²) >= 11 is 0. The summed E-state index contributed by atoms with van der Waals surface area (Å²) in [4.78, 5) is 2.52. The minimum absolute atomic E-state index is 0.118. The topological polar surface area (TPSA) is 3.24 Å². The van der Waals surface area contributed by atoms with Crippen LogP contribution in [0.4, 0.5) is 17.1 Å². The van der Waals surface area contributed by atoms with E-state index in [1.54, 1.807) is 0 Å². The summed E-state index contributed by atoms with van der Waals surface area (Å²) in [7, 11) is 0. The minimum Gasteiger partial charge on any atom is -0.310 e. The van der Waals surface area contributed by atoms with Crippen LogP contribution >= 0.6 is 0 Å². The van der Waals surface area contributed by atoms with Gasteiger partial charge in [-0.3, -0.25) is 0 Å². The Bertz CT molecular complexity index is 3420. The molecule has 1 heteroatoms. The Balaban J connectivity index is 0.944. The van der Waals surface area contributed by atoms with Gasteiger partial charge in [-0.1, -0.05) is 204 Å². The Hall–Kier alpha value is -7.48. The quantitative estimate of drug-likeness (QED) is 0.151. The first-order valence-corrected chi connectivity index (χ1v) is 22.2. The number of nitrogens with zero attached hydrogens (tertiary/aromatic N) is 1. The summed E-state index contributed by atoms with van der Waals surface area (Å²) in [6.07, 6.45) is 0. The fraction of sp³-hybridized carbons (Fsp3) is 0.0968. The summed E-state index contributed by atoms with van der Waals surface area (Å²) in [6, 6.07) is 79.1. The molecular weight excluding hydrogens is 759 g/mol. The zero-order chi connectivity index (χ0) is 42.5. The van der Waals surface area contributed by atoms with Gasteiger partial charge in [0.25, 0.3) is 0 Å². The van der Waals surface area contributed by atoms with Gasteiger partial charge < -0.3 is 4.90 Å². The third-order valence-corrected chi connectivity index (χ3v) is 14.3. The first kappa shape index (κ1) is 37.3. The lowest BCUT2D eigenvalue weighted by atomic mass is 9.81. The van der Waals surface area contributed by atoms with Gasteiger partial charge in [-0.05, 0) is 130 Å². The second-order valence-corrected chi connectivity index (χ2v) is 18.5. The van der Waals surface area contributed by atoms with E-state index in [1.165, 1.54) is 111 Å². The Morgan fingerprint density at radius 1 is 0.286 bits per heavy atom. The number of hydrogen-bond acceptors (Lipinski definition) is 1. The normalized spacial score (nSPS) is 14.0. The van der Waals surface area contributed by atoms with E-state index >= 15 is 0 Å². The molecular formula is C62H47N. The van der Waals surface area contributed by atoms with Gasteiger partial charge in [0.05, 0.1) is 5.69 Å². The van der Waals surface area contributed by atoms with Crippen LogP contribution in [0.1, 0.15) is 49.9 Å². The smallest absolute Gasteiger partial charge is 0.0546 e. The highest BCUT2D eigenvalue weighted by molar-refractivity contribution is 6.14. The van der Waals surface area contributed by atoms with E-state index in [4.69, 9.17) is 0 Å². The van der Waals surface area contributed by atoms with Crippen molar-refractivity contribution in [3.8, 4) is 55.6 Å². The molecule has 0 unspecified atom stereocenters. The number of benzene rings is 10. The van der Waals surface area contributed by atoms with Gasteiger partial charge in [-0.15, -0.1) is 0 Å². The third-order valence-electron chi connectivity index (χ3n) is 14.3. The molecule has 0 heterocycles. The third kappa shape index (κ3) is 5.84. The van der Waals surface area contributed by atoms with Crippen molar-refractivity contribution in [1.29, 1.82) is 0 Å². The molecule has 0 saturated heterocycles. The molecule has 12 rings (SSSR count). The average molecular weight is 806 g/mol. The maximum absolute atomic E-state index is 2.52. The molecule has 10 aromatic carbocycles. The second-order valence-electron chi connectivity index (χ2n) is 18.5. The molecule has 0 aliphatic heterocycles. The molecule has 0 aromatic heterocycles. The monoisotopic (exact) mass is 805 g/mol. The maximum Gasteiger partial charge on any atom is 0.0546 e. The first-order chi connectivity index (χ1) is 30.7. The standard InChI is InChI=1S/C62H47N/c1-61(2)56-21-13-12-19-51(56)53-34-31-47(38-58(53)61)63(60-37-46-16-8-9-17-49(46)50-18-10-11-20-55(50)60)48-32-35-54-52-33-30-45(36-57(52)62(3,4)59(54)39-48)44-28-26-43(27-29-44)42-24-22-41(23-25-42)40-14-6-5-7-15-40/h5-39H,1-4H3. The Morgan fingerprint density at radius 3 is 1.32 bits per heavy atom. The number of hydrogen-bond donors (Lipinski definition) is 0. The van der Waals surface area contributed by atoms with Gasteiger partial charge in [-0.2, -0.15) is 0 Å². The zero-order valence-corrected chi connectivity index (χ0v) is 36.2. The summed E-state index contributed by atoms with van der Waals surface area (Å²) in [5.74, 6) is 0. The highest BCUT2D eigenvalue weighted by Crippen LogP contribution is 2.54. The van der Waals surface area contributed by atoms with Crippen LogP contribution in [-0.4, -0.2) is 0 Å². The van der Waals surface area contributed by atoms with Crippen molar-refractivity contribution < 1.29 is 0 Å². The van der Waals surface area contributed by atoms with Gasteiger partial charge in [0.1, 0.15) is 0 Å². The number of anilines is 3. The van der Waals surface area contributed by atoms with E-state index in [9.17, 15) is 0 Å². The van der Waals surface area contributed by atoms with E-state index in [0.29, 0.717) is 0 Å². The van der Waals surface area contributed by atoms with Crippen molar-refractivity contribution in [3.63, 3.8) is 0 Å². The predicted molar refractivity (Wildman–Crippen MR) is 268 cm³/mol. The molecule has 2 aliphatic rings. The van der Waals surface area contributed by atoms with Gasteiger partial charge in [0.2, 0.25) is 0 Å². The highest BCUT2D eigenvalue weighted by atomic mass is 15.1. The molecule has 0 saturated carbocycles. The van der Waals surface area contributed by atoms with E-state index in [1.807, 2.05) is 0 Å². The molecule has 0 atom stereocenters. The van der Waals surface area contributed by atoms with Gasteiger partial charge in [0.15, 0.2) is 0 Å². The molecule has 0 radical (unpaired) electrons.